The molecule has 5 heteroatoms. The lowest BCUT2D eigenvalue weighted by atomic mass is 10.1. The number of methoxy groups -OCH3 is 1. The van der Waals surface area contributed by atoms with Crippen LogP contribution in [-0.2, 0) is 4.74 Å². The van der Waals surface area contributed by atoms with Crippen LogP contribution in [0.2, 0.25) is 0 Å². The normalized spacial score (nSPS) is 14.6. The van der Waals surface area contributed by atoms with Gasteiger partial charge in [0.15, 0.2) is 5.82 Å². The molecule has 5 nitrogen and oxygen atoms in total. The lowest BCUT2D eigenvalue weighted by Gasteiger charge is -2.33. The Morgan fingerprint density at radius 1 is 1.60 bits per heavy atom. The van der Waals surface area contributed by atoms with Gasteiger partial charge in [-0.05, 0) is 12.5 Å². The number of carbonyl (C=O) groups is 1. The molecular formula is C10H13N3O2. The van der Waals surface area contributed by atoms with Crippen LogP contribution in [0.1, 0.15) is 16.8 Å². The number of nitrogen functional groups attached to an aromatic ring is 1. The van der Waals surface area contributed by atoms with E-state index < -0.39 is 5.97 Å². The minimum absolute atomic E-state index is 0.384. The average Bonchev–Trinajstić information content (AvgIpc) is 2.17. The molecule has 1 aromatic rings. The second kappa shape index (κ2) is 3.76. The predicted molar refractivity (Wildman–Crippen MR) is 56.8 cm³/mol. The lowest BCUT2D eigenvalue weighted by Crippen LogP contribution is -2.38. The summed E-state index contributed by atoms with van der Waals surface area (Å²) in [5.74, 6) is 0.265. The van der Waals surface area contributed by atoms with Crippen molar-refractivity contribution in [3.8, 4) is 0 Å². The standard InChI is InChI=1S/C10H13N3O2/c1-15-10(14)7-3-4-12-9(8(7)11)13-5-2-6-13/h3-4H,2,5-6,11H2,1H3. The summed E-state index contributed by atoms with van der Waals surface area (Å²) in [7, 11) is 1.34. The van der Waals surface area contributed by atoms with Crippen molar-refractivity contribution >= 4 is 17.5 Å². The molecule has 0 radical (unpaired) electrons. The molecule has 0 aliphatic carbocycles. The molecule has 1 saturated heterocycles. The highest BCUT2D eigenvalue weighted by Gasteiger charge is 2.21. The van der Waals surface area contributed by atoms with Crippen molar-refractivity contribution in [3.63, 3.8) is 0 Å². The second-order valence-electron chi connectivity index (χ2n) is 3.43. The lowest BCUT2D eigenvalue weighted by molar-refractivity contribution is 0.0602. The van der Waals surface area contributed by atoms with E-state index in [2.05, 4.69) is 9.72 Å². The molecule has 2 heterocycles. The quantitative estimate of drug-likeness (QED) is 0.721. The molecule has 0 spiro atoms. The van der Waals surface area contributed by atoms with Crippen molar-refractivity contribution in [2.75, 3.05) is 30.8 Å². The van der Waals surface area contributed by atoms with Crippen molar-refractivity contribution < 1.29 is 9.53 Å². The zero-order chi connectivity index (χ0) is 10.8. The molecule has 15 heavy (non-hydrogen) atoms. The monoisotopic (exact) mass is 207 g/mol. The minimum Gasteiger partial charge on any atom is -0.465 e. The highest BCUT2D eigenvalue weighted by atomic mass is 16.5. The van der Waals surface area contributed by atoms with Gasteiger partial charge in [-0.25, -0.2) is 9.78 Å². The smallest absolute Gasteiger partial charge is 0.340 e. The van der Waals surface area contributed by atoms with Gasteiger partial charge in [-0.3, -0.25) is 0 Å². The number of esters is 1. The molecule has 0 saturated carbocycles. The van der Waals surface area contributed by atoms with E-state index in [0.29, 0.717) is 17.1 Å². The largest absolute Gasteiger partial charge is 0.465 e. The Morgan fingerprint density at radius 3 is 2.87 bits per heavy atom. The number of nitrogens with zero attached hydrogens (tertiary/aromatic N) is 2. The maximum absolute atomic E-state index is 11.4. The van der Waals surface area contributed by atoms with Crippen LogP contribution in [0.4, 0.5) is 11.5 Å². The SMILES string of the molecule is COC(=O)c1ccnc(N2CCC2)c1N. The molecule has 0 amide bonds. The molecule has 0 atom stereocenters. The van der Waals surface area contributed by atoms with Crippen LogP contribution in [0, 0.1) is 0 Å². The van der Waals surface area contributed by atoms with Crippen LogP contribution in [0.3, 0.4) is 0 Å². The molecule has 80 valence electrons. The zero-order valence-corrected chi connectivity index (χ0v) is 8.56. The van der Waals surface area contributed by atoms with E-state index in [1.807, 2.05) is 4.90 Å². The first-order valence-electron chi connectivity index (χ1n) is 4.82. The van der Waals surface area contributed by atoms with E-state index in [9.17, 15) is 4.79 Å². The van der Waals surface area contributed by atoms with Gasteiger partial charge >= 0.3 is 5.97 Å². The van der Waals surface area contributed by atoms with E-state index in [1.165, 1.54) is 7.11 Å². The number of aromatic nitrogens is 1. The number of rotatable bonds is 2. The van der Waals surface area contributed by atoms with E-state index in [0.717, 1.165) is 19.5 Å². The Kier molecular flexibility index (Phi) is 2.45. The van der Waals surface area contributed by atoms with Crippen LogP contribution in [0.25, 0.3) is 0 Å². The van der Waals surface area contributed by atoms with Crippen LogP contribution < -0.4 is 10.6 Å². The summed E-state index contributed by atoms with van der Waals surface area (Å²) in [4.78, 5) is 17.6. The predicted octanol–water partition coefficient (Wildman–Crippen LogP) is 0.660. The Morgan fingerprint density at radius 2 is 2.33 bits per heavy atom. The molecule has 1 aliphatic heterocycles. The third-order valence-electron chi connectivity index (χ3n) is 2.53. The molecule has 0 aromatic carbocycles. The topological polar surface area (TPSA) is 68.5 Å². The van der Waals surface area contributed by atoms with Crippen molar-refractivity contribution in [2.24, 2.45) is 0 Å². The molecule has 2 N–H and O–H groups in total. The third-order valence-corrected chi connectivity index (χ3v) is 2.53. The average molecular weight is 207 g/mol. The number of hydrogen-bond acceptors (Lipinski definition) is 5. The number of hydrogen-bond donors (Lipinski definition) is 1. The highest BCUT2D eigenvalue weighted by Crippen LogP contribution is 2.27. The second-order valence-corrected chi connectivity index (χ2v) is 3.43. The van der Waals surface area contributed by atoms with Gasteiger partial charge in [-0.2, -0.15) is 0 Å². The van der Waals surface area contributed by atoms with Crippen LogP contribution in [-0.4, -0.2) is 31.2 Å². The zero-order valence-electron chi connectivity index (χ0n) is 8.56. The summed E-state index contributed by atoms with van der Waals surface area (Å²) in [5, 5.41) is 0. The third kappa shape index (κ3) is 1.60. The molecular weight excluding hydrogens is 194 g/mol. The van der Waals surface area contributed by atoms with Crippen molar-refractivity contribution in [3.05, 3.63) is 17.8 Å². The maximum Gasteiger partial charge on any atom is 0.340 e. The Hall–Kier alpha value is -1.78. The first-order valence-corrected chi connectivity index (χ1v) is 4.82. The summed E-state index contributed by atoms with van der Waals surface area (Å²) in [6.07, 6.45) is 2.72. The van der Waals surface area contributed by atoms with E-state index >= 15 is 0 Å². The summed E-state index contributed by atoms with van der Waals surface area (Å²) < 4.78 is 4.64. The van der Waals surface area contributed by atoms with Crippen LogP contribution in [0.15, 0.2) is 12.3 Å². The van der Waals surface area contributed by atoms with Crippen LogP contribution in [0.5, 0.6) is 0 Å². The summed E-state index contributed by atoms with van der Waals surface area (Å²) in [6.45, 7) is 1.89. The summed E-state index contributed by atoms with van der Waals surface area (Å²) in [6, 6.07) is 1.57. The van der Waals surface area contributed by atoms with Gasteiger partial charge in [0.1, 0.15) is 0 Å². The van der Waals surface area contributed by atoms with E-state index in [-0.39, 0.29) is 0 Å². The van der Waals surface area contributed by atoms with Crippen molar-refractivity contribution in [1.82, 2.24) is 4.98 Å². The minimum atomic E-state index is -0.420. The van der Waals surface area contributed by atoms with Gasteiger partial charge in [0.05, 0.1) is 18.4 Å². The Labute approximate surface area is 87.8 Å². The number of nitrogens with two attached hydrogens (primary N) is 1. The van der Waals surface area contributed by atoms with Gasteiger partial charge in [-0.1, -0.05) is 0 Å². The van der Waals surface area contributed by atoms with Gasteiger partial charge in [-0.15, -0.1) is 0 Å². The Bertz CT molecular complexity index is 388. The van der Waals surface area contributed by atoms with Gasteiger partial charge in [0, 0.05) is 19.3 Å². The van der Waals surface area contributed by atoms with E-state index in [4.69, 9.17) is 5.73 Å². The fraction of sp³-hybridized carbons (Fsp3) is 0.400. The molecule has 0 unspecified atom stereocenters. The van der Waals surface area contributed by atoms with Crippen molar-refractivity contribution in [2.45, 2.75) is 6.42 Å². The molecule has 2 rings (SSSR count). The highest BCUT2D eigenvalue weighted by molar-refractivity contribution is 5.97. The summed E-state index contributed by atoms with van der Waals surface area (Å²) >= 11 is 0. The van der Waals surface area contributed by atoms with Crippen LogP contribution >= 0.6 is 0 Å². The Balaban J connectivity index is 2.36. The summed E-state index contributed by atoms with van der Waals surface area (Å²) in [5.41, 5.74) is 6.66. The fourth-order valence-corrected chi connectivity index (χ4v) is 1.53. The first-order chi connectivity index (χ1) is 7.24. The first kappa shape index (κ1) is 9.76. The number of anilines is 2. The maximum atomic E-state index is 11.4. The van der Waals surface area contributed by atoms with E-state index in [1.54, 1.807) is 12.3 Å². The van der Waals surface area contributed by atoms with Gasteiger partial charge < -0.3 is 15.4 Å². The number of carbonyl (C=O) groups excluding carboxylic acids is 1. The number of ether oxygens (including phenoxy) is 1. The molecule has 0 bridgehead atoms. The number of pyridine rings is 1. The molecule has 1 aromatic heterocycles. The molecule has 1 fully saturated rings. The van der Waals surface area contributed by atoms with Gasteiger partial charge in [0.25, 0.3) is 0 Å². The van der Waals surface area contributed by atoms with Gasteiger partial charge in [0.2, 0.25) is 0 Å². The van der Waals surface area contributed by atoms with Crippen molar-refractivity contribution in [1.29, 1.82) is 0 Å². The fourth-order valence-electron chi connectivity index (χ4n) is 1.53. The molecule has 1 aliphatic rings.